The van der Waals surface area contributed by atoms with Crippen LogP contribution in [0.15, 0.2) is 61.1 Å². The Morgan fingerprint density at radius 2 is 1.41 bits per heavy atom. The third-order valence-corrected chi connectivity index (χ3v) is 3.73. The molecule has 0 bridgehead atoms. The number of anilines is 1. The number of benzene rings is 2. The molecule has 2 aromatic carbocycles. The van der Waals surface area contributed by atoms with Crippen LogP contribution in [-0.2, 0) is 0 Å². The largest absolute Gasteiger partial charge is 0.345 e. The van der Waals surface area contributed by atoms with Crippen LogP contribution in [0.2, 0.25) is 0 Å². The summed E-state index contributed by atoms with van der Waals surface area (Å²) in [5.74, 6) is -0.597. The highest BCUT2D eigenvalue weighted by atomic mass is 16.2. The van der Waals surface area contributed by atoms with Crippen molar-refractivity contribution in [1.82, 2.24) is 9.97 Å². The summed E-state index contributed by atoms with van der Waals surface area (Å²) in [5, 5.41) is 0. The minimum Gasteiger partial charge on any atom is -0.345 e. The van der Waals surface area contributed by atoms with Crippen LogP contribution in [0.4, 0.5) is 5.69 Å². The van der Waals surface area contributed by atoms with Gasteiger partial charge in [-0.05, 0) is 18.2 Å². The molecule has 0 saturated heterocycles. The number of H-pyrrole nitrogens is 1. The summed E-state index contributed by atoms with van der Waals surface area (Å²) in [7, 11) is 0. The average molecular weight is 289 g/mol. The van der Waals surface area contributed by atoms with Gasteiger partial charge < -0.3 is 4.98 Å². The number of amides is 2. The Morgan fingerprint density at radius 1 is 0.818 bits per heavy atom. The molecule has 5 heteroatoms. The summed E-state index contributed by atoms with van der Waals surface area (Å²) in [6.07, 6.45) is 3.23. The van der Waals surface area contributed by atoms with Gasteiger partial charge in [-0.3, -0.25) is 9.59 Å². The third kappa shape index (κ3) is 1.69. The van der Waals surface area contributed by atoms with E-state index in [9.17, 15) is 9.59 Å². The van der Waals surface area contributed by atoms with Crippen molar-refractivity contribution >= 4 is 17.5 Å². The normalized spacial score (nSPS) is 13.5. The molecule has 106 valence electrons. The molecule has 0 saturated carbocycles. The predicted molar refractivity (Wildman–Crippen MR) is 81.6 cm³/mol. The second kappa shape index (κ2) is 4.66. The van der Waals surface area contributed by atoms with Gasteiger partial charge in [0.1, 0.15) is 0 Å². The number of aromatic amines is 1. The number of rotatable bonds is 2. The molecule has 0 spiro atoms. The maximum absolute atomic E-state index is 12.6. The van der Waals surface area contributed by atoms with Crippen molar-refractivity contribution < 1.29 is 9.59 Å². The first-order valence-electron chi connectivity index (χ1n) is 6.83. The lowest BCUT2D eigenvalue weighted by Gasteiger charge is -2.17. The number of imidazole rings is 1. The van der Waals surface area contributed by atoms with Crippen LogP contribution in [0.25, 0.3) is 11.3 Å². The summed E-state index contributed by atoms with van der Waals surface area (Å²) < 4.78 is 0. The Bertz CT molecular complexity index is 849. The highest BCUT2D eigenvalue weighted by Crippen LogP contribution is 2.34. The van der Waals surface area contributed by atoms with E-state index in [4.69, 9.17) is 0 Å². The van der Waals surface area contributed by atoms with Crippen LogP contribution < -0.4 is 4.90 Å². The summed E-state index contributed by atoms with van der Waals surface area (Å²) in [5.41, 5.74) is 2.94. The Morgan fingerprint density at radius 3 is 2.00 bits per heavy atom. The number of aromatic nitrogens is 2. The van der Waals surface area contributed by atoms with Crippen LogP contribution in [0, 0.1) is 0 Å². The number of para-hydroxylation sites is 1. The molecule has 5 nitrogen and oxygen atoms in total. The van der Waals surface area contributed by atoms with Gasteiger partial charge in [0.25, 0.3) is 11.8 Å². The molecule has 2 amide bonds. The van der Waals surface area contributed by atoms with E-state index >= 15 is 0 Å². The van der Waals surface area contributed by atoms with Crippen LogP contribution in [0.5, 0.6) is 0 Å². The quantitative estimate of drug-likeness (QED) is 0.738. The fourth-order valence-electron chi connectivity index (χ4n) is 2.71. The van der Waals surface area contributed by atoms with Crippen LogP contribution in [-0.4, -0.2) is 21.8 Å². The first-order chi connectivity index (χ1) is 10.8. The molecule has 3 aromatic rings. The lowest BCUT2D eigenvalue weighted by Crippen LogP contribution is -2.29. The van der Waals surface area contributed by atoms with E-state index < -0.39 is 0 Å². The SMILES string of the molecule is O=C1c2ccccc2C(=O)N1c1ccccc1-c1cnc[nH]1. The lowest BCUT2D eigenvalue weighted by atomic mass is 10.1. The minimum atomic E-state index is -0.299. The molecule has 0 fully saturated rings. The molecule has 1 aliphatic heterocycles. The first-order valence-corrected chi connectivity index (χ1v) is 6.83. The van der Waals surface area contributed by atoms with E-state index in [2.05, 4.69) is 9.97 Å². The van der Waals surface area contributed by atoms with Gasteiger partial charge in [-0.15, -0.1) is 0 Å². The molecule has 4 rings (SSSR count). The standard InChI is InChI=1S/C17H11N3O2/c21-16-11-5-1-2-6-12(11)17(22)20(16)15-8-4-3-7-13(15)14-9-18-10-19-14/h1-10H,(H,18,19). The Labute approximate surface area is 126 Å². The summed E-state index contributed by atoms with van der Waals surface area (Å²) in [6.45, 7) is 0. The van der Waals surface area contributed by atoms with E-state index in [0.29, 0.717) is 16.8 Å². The van der Waals surface area contributed by atoms with E-state index in [-0.39, 0.29) is 11.8 Å². The number of imide groups is 1. The lowest BCUT2D eigenvalue weighted by molar-refractivity contribution is 0.0926. The van der Waals surface area contributed by atoms with Gasteiger partial charge in [-0.1, -0.05) is 30.3 Å². The Kier molecular flexibility index (Phi) is 2.66. The molecular weight excluding hydrogens is 278 g/mol. The fraction of sp³-hybridized carbons (Fsp3) is 0. The molecule has 1 N–H and O–H groups in total. The number of carbonyl (C=O) groups is 2. The average Bonchev–Trinajstić information content (AvgIpc) is 3.16. The van der Waals surface area contributed by atoms with Gasteiger partial charge >= 0.3 is 0 Å². The van der Waals surface area contributed by atoms with Gasteiger partial charge in [0.15, 0.2) is 0 Å². The molecule has 0 radical (unpaired) electrons. The van der Waals surface area contributed by atoms with Gasteiger partial charge in [0, 0.05) is 5.56 Å². The molecular formula is C17H11N3O2. The van der Waals surface area contributed by atoms with Crippen molar-refractivity contribution in [3.63, 3.8) is 0 Å². The maximum Gasteiger partial charge on any atom is 0.266 e. The van der Waals surface area contributed by atoms with Crippen molar-refractivity contribution in [3.05, 3.63) is 72.2 Å². The van der Waals surface area contributed by atoms with Gasteiger partial charge in [-0.25, -0.2) is 9.88 Å². The second-order valence-electron chi connectivity index (χ2n) is 4.97. The number of carbonyl (C=O) groups excluding carboxylic acids is 2. The number of hydrogen-bond acceptors (Lipinski definition) is 3. The zero-order valence-electron chi connectivity index (χ0n) is 11.5. The number of nitrogens with zero attached hydrogens (tertiary/aromatic N) is 2. The number of nitrogens with one attached hydrogen (secondary N) is 1. The van der Waals surface area contributed by atoms with Crippen molar-refractivity contribution in [2.24, 2.45) is 0 Å². The zero-order chi connectivity index (χ0) is 15.1. The van der Waals surface area contributed by atoms with Crippen molar-refractivity contribution in [1.29, 1.82) is 0 Å². The summed E-state index contributed by atoms with van der Waals surface area (Å²) in [4.78, 5) is 33.4. The monoisotopic (exact) mass is 289 g/mol. The van der Waals surface area contributed by atoms with E-state index in [1.807, 2.05) is 12.1 Å². The highest BCUT2D eigenvalue weighted by molar-refractivity contribution is 6.35. The van der Waals surface area contributed by atoms with Crippen molar-refractivity contribution in [2.45, 2.75) is 0 Å². The molecule has 0 atom stereocenters. The van der Waals surface area contributed by atoms with Crippen LogP contribution >= 0.6 is 0 Å². The molecule has 1 aromatic heterocycles. The summed E-state index contributed by atoms with van der Waals surface area (Å²) >= 11 is 0. The zero-order valence-corrected chi connectivity index (χ0v) is 11.5. The Balaban J connectivity index is 1.89. The minimum absolute atomic E-state index is 0.299. The Hall–Kier alpha value is -3.21. The number of fused-ring (bicyclic) bond motifs is 1. The van der Waals surface area contributed by atoms with Crippen LogP contribution in [0.1, 0.15) is 20.7 Å². The van der Waals surface area contributed by atoms with E-state index in [1.54, 1.807) is 48.9 Å². The molecule has 22 heavy (non-hydrogen) atoms. The molecule has 0 aliphatic carbocycles. The third-order valence-electron chi connectivity index (χ3n) is 3.73. The first kappa shape index (κ1) is 12.5. The highest BCUT2D eigenvalue weighted by Gasteiger charge is 2.37. The summed E-state index contributed by atoms with van der Waals surface area (Å²) in [6, 6.07) is 14.1. The second-order valence-corrected chi connectivity index (χ2v) is 4.97. The molecule has 1 aliphatic rings. The van der Waals surface area contributed by atoms with E-state index in [1.165, 1.54) is 4.90 Å². The van der Waals surface area contributed by atoms with Gasteiger partial charge in [0.05, 0.1) is 35.0 Å². The maximum atomic E-state index is 12.6. The smallest absolute Gasteiger partial charge is 0.266 e. The van der Waals surface area contributed by atoms with Crippen LogP contribution in [0.3, 0.4) is 0 Å². The molecule has 2 heterocycles. The van der Waals surface area contributed by atoms with Gasteiger partial charge in [0.2, 0.25) is 0 Å². The van der Waals surface area contributed by atoms with Gasteiger partial charge in [-0.2, -0.15) is 0 Å². The predicted octanol–water partition coefficient (Wildman–Crippen LogP) is 2.88. The molecule has 0 unspecified atom stereocenters. The van der Waals surface area contributed by atoms with E-state index in [0.717, 1.165) is 11.3 Å². The van der Waals surface area contributed by atoms with Crippen molar-refractivity contribution in [3.8, 4) is 11.3 Å². The topological polar surface area (TPSA) is 66.1 Å². The number of hydrogen-bond donors (Lipinski definition) is 1. The van der Waals surface area contributed by atoms with Crippen molar-refractivity contribution in [2.75, 3.05) is 4.90 Å². The fourth-order valence-corrected chi connectivity index (χ4v) is 2.71.